The minimum atomic E-state index is -0.647. The number of primary amides is 1. The van der Waals surface area contributed by atoms with E-state index >= 15 is 0 Å². The number of aryl methyl sites for hydroxylation is 3. The van der Waals surface area contributed by atoms with E-state index in [0.717, 1.165) is 31.7 Å². The molecule has 0 aliphatic heterocycles. The third-order valence-corrected chi connectivity index (χ3v) is 3.59. The van der Waals surface area contributed by atoms with Crippen LogP contribution in [0.5, 0.6) is 0 Å². The fourth-order valence-electron chi connectivity index (χ4n) is 2.03. The molecule has 0 aliphatic carbocycles. The number of aliphatic imine (C=N–C) groups is 1. The third kappa shape index (κ3) is 6.30. The molecule has 0 radical (unpaired) electrons. The van der Waals surface area contributed by atoms with Gasteiger partial charge in [0.1, 0.15) is 0 Å². The zero-order valence-corrected chi connectivity index (χ0v) is 14.9. The van der Waals surface area contributed by atoms with Crippen LogP contribution >= 0.6 is 0 Å². The monoisotopic (exact) mass is 322 g/mol. The van der Waals surface area contributed by atoms with Crippen LogP contribution in [0.1, 0.15) is 38.6 Å². The molecule has 0 fully saturated rings. The molecule has 1 amide bonds. The molecule has 0 atom stereocenters. The molecular weight excluding hydrogens is 292 g/mol. The molecule has 7 heteroatoms. The third-order valence-electron chi connectivity index (χ3n) is 3.59. The number of aromatic nitrogens is 2. The molecule has 0 aromatic carbocycles. The Balaban J connectivity index is 2.47. The van der Waals surface area contributed by atoms with Crippen molar-refractivity contribution in [2.75, 3.05) is 19.6 Å². The van der Waals surface area contributed by atoms with Crippen molar-refractivity contribution in [2.45, 2.75) is 47.6 Å². The van der Waals surface area contributed by atoms with Gasteiger partial charge in [-0.15, -0.1) is 0 Å². The van der Waals surface area contributed by atoms with Crippen molar-refractivity contribution in [1.29, 1.82) is 0 Å². The number of nitrogens with two attached hydrogens (primary N) is 1. The number of rotatable bonds is 8. The largest absolute Gasteiger partial charge is 0.369 e. The number of nitrogens with one attached hydrogen (secondary N) is 2. The molecule has 1 aromatic rings. The predicted molar refractivity (Wildman–Crippen MR) is 93.3 cm³/mol. The van der Waals surface area contributed by atoms with Crippen molar-refractivity contribution in [3.8, 4) is 0 Å². The van der Waals surface area contributed by atoms with Gasteiger partial charge in [-0.1, -0.05) is 0 Å². The van der Waals surface area contributed by atoms with Gasteiger partial charge in [0.05, 0.1) is 17.7 Å². The molecule has 4 N–H and O–H groups in total. The average molecular weight is 322 g/mol. The second kappa shape index (κ2) is 8.55. The van der Waals surface area contributed by atoms with Crippen LogP contribution in [0.3, 0.4) is 0 Å². The Morgan fingerprint density at radius 1 is 1.39 bits per heavy atom. The molecule has 1 aromatic heterocycles. The second-order valence-electron chi connectivity index (χ2n) is 6.37. The topological polar surface area (TPSA) is 97.3 Å². The summed E-state index contributed by atoms with van der Waals surface area (Å²) in [6, 6.07) is 2.07. The van der Waals surface area contributed by atoms with Gasteiger partial charge in [0.25, 0.3) is 0 Å². The molecule has 0 saturated carbocycles. The summed E-state index contributed by atoms with van der Waals surface area (Å²) >= 11 is 0. The summed E-state index contributed by atoms with van der Waals surface area (Å²) < 4.78 is 2.01. The van der Waals surface area contributed by atoms with E-state index in [4.69, 9.17) is 5.73 Å². The minimum absolute atomic E-state index is 0.346. The van der Waals surface area contributed by atoms with Crippen molar-refractivity contribution < 1.29 is 4.79 Å². The zero-order chi connectivity index (χ0) is 17.5. The lowest BCUT2D eigenvalue weighted by molar-refractivity contribution is -0.125. The maximum absolute atomic E-state index is 11.3. The summed E-state index contributed by atoms with van der Waals surface area (Å²) in [4.78, 5) is 15.8. The molecule has 0 aliphatic rings. The van der Waals surface area contributed by atoms with Crippen molar-refractivity contribution in [2.24, 2.45) is 16.1 Å². The maximum Gasteiger partial charge on any atom is 0.224 e. The second-order valence-corrected chi connectivity index (χ2v) is 6.37. The summed E-state index contributed by atoms with van der Waals surface area (Å²) in [6.07, 6.45) is 0.936. The number of hydrogen-bond donors (Lipinski definition) is 3. The van der Waals surface area contributed by atoms with Gasteiger partial charge in [-0.2, -0.15) is 5.10 Å². The molecular formula is C16H30N6O. The Morgan fingerprint density at radius 2 is 2.09 bits per heavy atom. The fraction of sp³-hybridized carbons (Fsp3) is 0.688. The molecule has 0 saturated heterocycles. The van der Waals surface area contributed by atoms with E-state index in [1.807, 2.05) is 18.5 Å². The van der Waals surface area contributed by atoms with Crippen LogP contribution in [0.15, 0.2) is 11.1 Å². The fourth-order valence-corrected chi connectivity index (χ4v) is 2.03. The highest BCUT2D eigenvalue weighted by molar-refractivity contribution is 5.82. The van der Waals surface area contributed by atoms with E-state index in [2.05, 4.69) is 33.7 Å². The number of amides is 1. The van der Waals surface area contributed by atoms with E-state index in [0.29, 0.717) is 12.5 Å². The average Bonchev–Trinajstić information content (AvgIpc) is 2.78. The van der Waals surface area contributed by atoms with Crippen molar-refractivity contribution in [3.05, 3.63) is 17.5 Å². The molecule has 1 rings (SSSR count). The number of hydrogen-bond acceptors (Lipinski definition) is 3. The van der Waals surface area contributed by atoms with E-state index in [-0.39, 0.29) is 5.91 Å². The van der Waals surface area contributed by atoms with Gasteiger partial charge in [-0.05, 0) is 47.1 Å². The summed E-state index contributed by atoms with van der Waals surface area (Å²) in [5, 5.41) is 10.9. The first kappa shape index (κ1) is 19.0. The maximum atomic E-state index is 11.3. The molecule has 23 heavy (non-hydrogen) atoms. The summed E-state index contributed by atoms with van der Waals surface area (Å²) in [5.41, 5.74) is 6.94. The Hall–Kier alpha value is -2.05. The van der Waals surface area contributed by atoms with E-state index in [9.17, 15) is 4.79 Å². The number of guanidine groups is 1. The van der Waals surface area contributed by atoms with Crippen molar-refractivity contribution in [1.82, 2.24) is 20.4 Å². The summed E-state index contributed by atoms with van der Waals surface area (Å²) in [6.45, 7) is 12.4. The number of nitrogens with zero attached hydrogens (tertiary/aromatic N) is 3. The standard InChI is InChI=1S/C16H30N6O/c1-6-18-15(20-11-16(4,5)14(17)23)19-8-7-9-22-13(3)10-12(2)21-22/h10H,6-9,11H2,1-5H3,(H2,17,23)(H2,18,19,20). The van der Waals surface area contributed by atoms with Crippen molar-refractivity contribution in [3.63, 3.8) is 0 Å². The Morgan fingerprint density at radius 3 is 2.61 bits per heavy atom. The molecule has 7 nitrogen and oxygen atoms in total. The van der Waals surface area contributed by atoms with Crippen LogP contribution in [-0.4, -0.2) is 41.3 Å². The SMILES string of the molecule is CCNC(=NCC(C)(C)C(N)=O)NCCCn1nc(C)cc1C. The van der Waals surface area contributed by atoms with Crippen molar-refractivity contribution >= 4 is 11.9 Å². The predicted octanol–water partition coefficient (Wildman–Crippen LogP) is 0.957. The smallest absolute Gasteiger partial charge is 0.224 e. The molecule has 0 bridgehead atoms. The van der Waals surface area contributed by atoms with Gasteiger partial charge >= 0.3 is 0 Å². The minimum Gasteiger partial charge on any atom is -0.369 e. The normalized spacial score (nSPS) is 12.3. The van der Waals surface area contributed by atoms with Gasteiger partial charge < -0.3 is 16.4 Å². The van der Waals surface area contributed by atoms with Gasteiger partial charge in [0.2, 0.25) is 5.91 Å². The lowest BCUT2D eigenvalue weighted by Gasteiger charge is -2.19. The van der Waals surface area contributed by atoms with Crippen LogP contribution in [0.25, 0.3) is 0 Å². The van der Waals surface area contributed by atoms with E-state index < -0.39 is 5.41 Å². The Kier molecular flexibility index (Phi) is 7.06. The summed E-state index contributed by atoms with van der Waals surface area (Å²) in [7, 11) is 0. The highest BCUT2D eigenvalue weighted by Gasteiger charge is 2.24. The highest BCUT2D eigenvalue weighted by Crippen LogP contribution is 2.13. The van der Waals surface area contributed by atoms with Crippen LogP contribution < -0.4 is 16.4 Å². The van der Waals surface area contributed by atoms with Gasteiger partial charge in [0, 0.05) is 25.3 Å². The van der Waals surface area contributed by atoms with Crippen LogP contribution in [0, 0.1) is 19.3 Å². The first-order valence-corrected chi connectivity index (χ1v) is 8.09. The Labute approximate surface area is 138 Å². The molecule has 0 spiro atoms. The first-order chi connectivity index (χ1) is 10.8. The van der Waals surface area contributed by atoms with Crippen LogP contribution in [0.4, 0.5) is 0 Å². The van der Waals surface area contributed by atoms with Gasteiger partial charge in [-0.3, -0.25) is 14.5 Å². The molecule has 1 heterocycles. The summed E-state index contributed by atoms with van der Waals surface area (Å²) in [5.74, 6) is 0.358. The number of carbonyl (C=O) groups excluding carboxylic acids is 1. The van der Waals surface area contributed by atoms with Crippen LogP contribution in [0.2, 0.25) is 0 Å². The quantitative estimate of drug-likeness (QED) is 0.377. The highest BCUT2D eigenvalue weighted by atomic mass is 16.1. The number of carbonyl (C=O) groups is 1. The zero-order valence-electron chi connectivity index (χ0n) is 14.9. The lowest BCUT2D eigenvalue weighted by Crippen LogP contribution is -2.40. The lowest BCUT2D eigenvalue weighted by atomic mass is 9.93. The van der Waals surface area contributed by atoms with E-state index in [1.54, 1.807) is 13.8 Å². The van der Waals surface area contributed by atoms with E-state index in [1.165, 1.54) is 5.69 Å². The first-order valence-electron chi connectivity index (χ1n) is 8.09. The van der Waals surface area contributed by atoms with Gasteiger partial charge in [-0.25, -0.2) is 0 Å². The molecule has 0 unspecified atom stereocenters. The Bertz CT molecular complexity index is 547. The molecule has 130 valence electrons. The van der Waals surface area contributed by atoms with Crippen LogP contribution in [-0.2, 0) is 11.3 Å². The van der Waals surface area contributed by atoms with Gasteiger partial charge in [0.15, 0.2) is 5.96 Å².